The minimum atomic E-state index is -0.928. The fourth-order valence-electron chi connectivity index (χ4n) is 4.16. The minimum absolute atomic E-state index is 0.275. The van der Waals surface area contributed by atoms with Crippen LogP contribution in [0.4, 0.5) is 17.1 Å². The van der Waals surface area contributed by atoms with Crippen molar-refractivity contribution in [3.05, 3.63) is 89.5 Å². The van der Waals surface area contributed by atoms with Gasteiger partial charge in [-0.2, -0.15) is 0 Å². The Morgan fingerprint density at radius 2 is 1.47 bits per heavy atom. The normalized spacial score (nSPS) is 10.8. The SMILES string of the molecule is CCCCN(CCCC)c1cccc(CCCc2ccc(Nc3ccccc3C(=O)O)cc2)c1. The quantitative estimate of drug-likeness (QED) is 0.260. The molecule has 0 spiro atoms. The third kappa shape index (κ3) is 7.65. The first-order valence-corrected chi connectivity index (χ1v) is 12.6. The lowest BCUT2D eigenvalue weighted by atomic mass is 10.0. The molecule has 3 aromatic carbocycles. The molecule has 3 rings (SSSR count). The van der Waals surface area contributed by atoms with Gasteiger partial charge in [0.25, 0.3) is 0 Å². The van der Waals surface area contributed by atoms with E-state index in [4.69, 9.17) is 0 Å². The smallest absolute Gasteiger partial charge is 0.337 e. The molecule has 180 valence electrons. The number of hydrogen-bond acceptors (Lipinski definition) is 3. The maximum absolute atomic E-state index is 11.4. The van der Waals surface area contributed by atoms with Crippen LogP contribution in [0.2, 0.25) is 0 Å². The summed E-state index contributed by atoms with van der Waals surface area (Å²) in [5.41, 5.74) is 5.83. The molecule has 4 nitrogen and oxygen atoms in total. The fraction of sp³-hybridized carbons (Fsp3) is 0.367. The highest BCUT2D eigenvalue weighted by molar-refractivity contribution is 5.95. The van der Waals surface area contributed by atoms with Crippen LogP contribution in [-0.4, -0.2) is 24.2 Å². The van der Waals surface area contributed by atoms with Crippen LogP contribution in [0.15, 0.2) is 72.8 Å². The predicted molar refractivity (Wildman–Crippen MR) is 144 cm³/mol. The number of unbranched alkanes of at least 4 members (excludes halogenated alkanes) is 2. The first kappa shape index (κ1) is 25.4. The number of nitrogens with one attached hydrogen (secondary N) is 1. The van der Waals surface area contributed by atoms with E-state index in [9.17, 15) is 9.90 Å². The number of anilines is 3. The van der Waals surface area contributed by atoms with Crippen LogP contribution in [0.3, 0.4) is 0 Å². The van der Waals surface area contributed by atoms with Crippen molar-refractivity contribution >= 4 is 23.0 Å². The zero-order valence-electron chi connectivity index (χ0n) is 20.6. The topological polar surface area (TPSA) is 52.6 Å². The van der Waals surface area contributed by atoms with E-state index in [1.54, 1.807) is 18.2 Å². The summed E-state index contributed by atoms with van der Waals surface area (Å²) in [4.78, 5) is 14.0. The van der Waals surface area contributed by atoms with Crippen LogP contribution in [0.5, 0.6) is 0 Å². The molecule has 0 radical (unpaired) electrons. The molecular formula is C30H38N2O2. The molecule has 0 saturated carbocycles. The van der Waals surface area contributed by atoms with Gasteiger partial charge in [-0.05, 0) is 79.6 Å². The van der Waals surface area contributed by atoms with Gasteiger partial charge in [0.2, 0.25) is 0 Å². The van der Waals surface area contributed by atoms with Gasteiger partial charge in [-0.1, -0.05) is 63.1 Å². The van der Waals surface area contributed by atoms with Crippen LogP contribution in [-0.2, 0) is 12.8 Å². The zero-order valence-corrected chi connectivity index (χ0v) is 20.6. The number of carboxylic acids is 1. The van der Waals surface area contributed by atoms with Crippen molar-refractivity contribution < 1.29 is 9.90 Å². The van der Waals surface area contributed by atoms with Gasteiger partial charge in [0, 0.05) is 24.5 Å². The Morgan fingerprint density at radius 3 is 2.15 bits per heavy atom. The number of carboxylic acid groups (broad SMARTS) is 1. The summed E-state index contributed by atoms with van der Waals surface area (Å²) in [6, 6.07) is 24.3. The molecule has 0 saturated heterocycles. The molecule has 0 atom stereocenters. The number of para-hydroxylation sites is 1. The first-order valence-electron chi connectivity index (χ1n) is 12.6. The maximum atomic E-state index is 11.4. The average molecular weight is 459 g/mol. The summed E-state index contributed by atoms with van der Waals surface area (Å²) in [6.45, 7) is 6.78. The molecule has 0 fully saturated rings. The Bertz CT molecular complexity index is 1020. The lowest BCUT2D eigenvalue weighted by Crippen LogP contribution is -2.25. The molecule has 0 unspecified atom stereocenters. The summed E-state index contributed by atoms with van der Waals surface area (Å²) in [5.74, 6) is -0.928. The molecule has 0 aliphatic rings. The van der Waals surface area contributed by atoms with Crippen molar-refractivity contribution in [3.63, 3.8) is 0 Å². The summed E-state index contributed by atoms with van der Waals surface area (Å²) >= 11 is 0. The molecule has 0 bridgehead atoms. The Labute approximate surface area is 204 Å². The summed E-state index contributed by atoms with van der Waals surface area (Å²) in [6.07, 6.45) is 8.11. The average Bonchev–Trinajstić information content (AvgIpc) is 2.85. The number of rotatable bonds is 14. The van der Waals surface area contributed by atoms with Gasteiger partial charge in [0.05, 0.1) is 11.3 Å². The van der Waals surface area contributed by atoms with Gasteiger partial charge in [-0.15, -0.1) is 0 Å². The van der Waals surface area contributed by atoms with Gasteiger partial charge < -0.3 is 15.3 Å². The largest absolute Gasteiger partial charge is 0.478 e. The van der Waals surface area contributed by atoms with E-state index >= 15 is 0 Å². The van der Waals surface area contributed by atoms with Crippen molar-refractivity contribution in [2.75, 3.05) is 23.3 Å². The second-order valence-corrected chi connectivity index (χ2v) is 8.89. The third-order valence-electron chi connectivity index (χ3n) is 6.16. The van der Waals surface area contributed by atoms with Crippen molar-refractivity contribution in [1.29, 1.82) is 0 Å². The summed E-state index contributed by atoms with van der Waals surface area (Å²) < 4.78 is 0. The molecule has 34 heavy (non-hydrogen) atoms. The highest BCUT2D eigenvalue weighted by atomic mass is 16.4. The van der Waals surface area contributed by atoms with E-state index < -0.39 is 5.97 Å². The molecule has 0 aromatic heterocycles. The Morgan fingerprint density at radius 1 is 0.794 bits per heavy atom. The highest BCUT2D eigenvalue weighted by Gasteiger charge is 2.09. The molecule has 0 amide bonds. The van der Waals surface area contributed by atoms with Crippen LogP contribution in [0.25, 0.3) is 0 Å². The van der Waals surface area contributed by atoms with Crippen LogP contribution >= 0.6 is 0 Å². The molecule has 0 heterocycles. The number of benzene rings is 3. The molecular weight excluding hydrogens is 420 g/mol. The van der Waals surface area contributed by atoms with Gasteiger partial charge >= 0.3 is 5.97 Å². The standard InChI is InChI=1S/C30H38N2O2/c1-3-5-21-32(22-6-4-2)27-14-10-13-25(23-27)12-9-11-24-17-19-26(20-18-24)31-29-16-8-7-15-28(29)30(33)34/h7-8,10,13-20,23,31H,3-6,9,11-12,21-22H2,1-2H3,(H,33,34). The lowest BCUT2D eigenvalue weighted by molar-refractivity contribution is 0.0698. The lowest BCUT2D eigenvalue weighted by Gasteiger charge is -2.25. The van der Waals surface area contributed by atoms with Crippen LogP contribution in [0.1, 0.15) is 67.4 Å². The van der Waals surface area contributed by atoms with E-state index in [-0.39, 0.29) is 5.56 Å². The molecule has 0 aliphatic carbocycles. The number of hydrogen-bond donors (Lipinski definition) is 2. The van der Waals surface area contributed by atoms with E-state index in [1.165, 1.54) is 42.5 Å². The monoisotopic (exact) mass is 458 g/mol. The zero-order chi connectivity index (χ0) is 24.2. The van der Waals surface area contributed by atoms with Gasteiger partial charge in [-0.3, -0.25) is 0 Å². The number of aromatic carboxylic acids is 1. The van der Waals surface area contributed by atoms with Crippen LogP contribution in [0, 0.1) is 0 Å². The van der Waals surface area contributed by atoms with Gasteiger partial charge in [0.1, 0.15) is 0 Å². The first-order chi connectivity index (χ1) is 16.6. The van der Waals surface area contributed by atoms with Crippen LogP contribution < -0.4 is 10.2 Å². The van der Waals surface area contributed by atoms with Crippen molar-refractivity contribution in [1.82, 2.24) is 0 Å². The maximum Gasteiger partial charge on any atom is 0.337 e. The molecule has 0 aliphatic heterocycles. The Hall–Kier alpha value is -3.27. The third-order valence-corrected chi connectivity index (χ3v) is 6.16. The van der Waals surface area contributed by atoms with E-state index in [2.05, 4.69) is 60.5 Å². The number of nitrogens with zero attached hydrogens (tertiary/aromatic N) is 1. The second kappa shape index (κ2) is 13.4. The van der Waals surface area contributed by atoms with Crippen molar-refractivity contribution in [2.24, 2.45) is 0 Å². The van der Waals surface area contributed by atoms with Crippen molar-refractivity contribution in [2.45, 2.75) is 58.8 Å². The molecule has 3 aromatic rings. The number of carbonyl (C=O) groups is 1. The number of aryl methyl sites for hydroxylation is 2. The minimum Gasteiger partial charge on any atom is -0.478 e. The van der Waals surface area contributed by atoms with Gasteiger partial charge in [-0.25, -0.2) is 4.79 Å². The molecule has 4 heteroatoms. The second-order valence-electron chi connectivity index (χ2n) is 8.89. The predicted octanol–water partition coefficient (Wildman–Crippen LogP) is 7.71. The van der Waals surface area contributed by atoms with E-state index in [0.717, 1.165) is 38.0 Å². The fourth-order valence-corrected chi connectivity index (χ4v) is 4.16. The summed E-state index contributed by atoms with van der Waals surface area (Å²) in [7, 11) is 0. The Kier molecular flexibility index (Phi) is 10.0. The van der Waals surface area contributed by atoms with E-state index in [0.29, 0.717) is 5.69 Å². The van der Waals surface area contributed by atoms with E-state index in [1.807, 2.05) is 18.2 Å². The van der Waals surface area contributed by atoms with Crippen molar-refractivity contribution in [3.8, 4) is 0 Å². The highest BCUT2D eigenvalue weighted by Crippen LogP contribution is 2.23. The summed E-state index contributed by atoms with van der Waals surface area (Å²) in [5, 5.41) is 12.6. The molecule has 2 N–H and O–H groups in total. The Balaban J connectivity index is 1.54. The van der Waals surface area contributed by atoms with Gasteiger partial charge in [0.15, 0.2) is 0 Å².